The highest BCUT2D eigenvalue weighted by molar-refractivity contribution is 5.80. The van der Waals surface area contributed by atoms with Crippen LogP contribution in [0.5, 0.6) is 0 Å². The third kappa shape index (κ3) is 3.45. The summed E-state index contributed by atoms with van der Waals surface area (Å²) in [5.41, 5.74) is 0.882. The number of para-hydroxylation sites is 1. The standard InChI is InChI=1S/C21H28N2O2/c1-14(16-8-9-16)23(18-10-11-18)13-21(24)22(3)15(2)20-12-17-6-4-5-7-19(17)25-20/h4-7,12,14-16,18H,8-11,13H2,1-3H3. The summed E-state index contributed by atoms with van der Waals surface area (Å²) in [6.07, 6.45) is 5.13. The SMILES string of the molecule is CC(c1cc2ccccc2o1)N(C)C(=O)CN(C1CC1)C(C)C1CC1. The highest BCUT2D eigenvalue weighted by Gasteiger charge is 2.40. The smallest absolute Gasteiger partial charge is 0.237 e. The molecule has 4 nitrogen and oxygen atoms in total. The molecule has 0 radical (unpaired) electrons. The van der Waals surface area contributed by atoms with Crippen molar-refractivity contribution >= 4 is 16.9 Å². The van der Waals surface area contributed by atoms with Crippen molar-refractivity contribution in [1.82, 2.24) is 9.80 Å². The highest BCUT2D eigenvalue weighted by atomic mass is 16.3. The molecule has 4 rings (SSSR count). The second-order valence-electron chi connectivity index (χ2n) is 7.85. The van der Waals surface area contributed by atoms with E-state index in [0.29, 0.717) is 18.6 Å². The van der Waals surface area contributed by atoms with Gasteiger partial charge in [-0.2, -0.15) is 0 Å². The molecule has 25 heavy (non-hydrogen) atoms. The lowest BCUT2D eigenvalue weighted by molar-refractivity contribution is -0.134. The van der Waals surface area contributed by atoms with Crippen LogP contribution in [-0.4, -0.2) is 41.4 Å². The van der Waals surface area contributed by atoms with Crippen molar-refractivity contribution < 1.29 is 9.21 Å². The van der Waals surface area contributed by atoms with Crippen molar-refractivity contribution in [3.63, 3.8) is 0 Å². The number of hydrogen-bond donors (Lipinski definition) is 0. The van der Waals surface area contributed by atoms with E-state index in [2.05, 4.69) is 17.9 Å². The molecule has 0 aliphatic heterocycles. The van der Waals surface area contributed by atoms with Crippen LogP contribution in [0.3, 0.4) is 0 Å². The number of furan rings is 1. The first-order chi connectivity index (χ1) is 12.0. The molecule has 2 aromatic rings. The third-order valence-electron chi connectivity index (χ3n) is 5.99. The molecule has 0 bridgehead atoms. The van der Waals surface area contributed by atoms with Gasteiger partial charge in [-0.25, -0.2) is 0 Å². The monoisotopic (exact) mass is 340 g/mol. The van der Waals surface area contributed by atoms with Gasteiger partial charge in [0.2, 0.25) is 5.91 Å². The Balaban J connectivity index is 1.45. The first-order valence-corrected chi connectivity index (χ1v) is 9.54. The summed E-state index contributed by atoms with van der Waals surface area (Å²) in [6.45, 7) is 4.87. The fourth-order valence-electron chi connectivity index (χ4n) is 3.74. The van der Waals surface area contributed by atoms with Crippen LogP contribution in [0.25, 0.3) is 11.0 Å². The van der Waals surface area contributed by atoms with Gasteiger partial charge in [0.1, 0.15) is 11.3 Å². The second kappa shape index (κ2) is 6.49. The van der Waals surface area contributed by atoms with Gasteiger partial charge in [-0.3, -0.25) is 9.69 Å². The molecule has 2 atom stereocenters. The lowest BCUT2D eigenvalue weighted by atomic mass is 10.1. The van der Waals surface area contributed by atoms with Gasteiger partial charge in [-0.1, -0.05) is 18.2 Å². The van der Waals surface area contributed by atoms with Gasteiger partial charge in [0.05, 0.1) is 12.6 Å². The summed E-state index contributed by atoms with van der Waals surface area (Å²) in [7, 11) is 1.90. The average Bonchev–Trinajstić information content (AvgIpc) is 3.53. The summed E-state index contributed by atoms with van der Waals surface area (Å²) < 4.78 is 5.95. The summed E-state index contributed by atoms with van der Waals surface area (Å²) in [5, 5.41) is 1.09. The fraction of sp³-hybridized carbons (Fsp3) is 0.571. The Hall–Kier alpha value is -1.81. The lowest BCUT2D eigenvalue weighted by Gasteiger charge is -2.32. The molecule has 2 aliphatic rings. The number of hydrogen-bond acceptors (Lipinski definition) is 3. The van der Waals surface area contributed by atoms with Crippen molar-refractivity contribution in [1.29, 1.82) is 0 Å². The molecule has 4 heteroatoms. The van der Waals surface area contributed by atoms with E-state index >= 15 is 0 Å². The van der Waals surface area contributed by atoms with Crippen LogP contribution in [0.4, 0.5) is 0 Å². The minimum absolute atomic E-state index is 0.0582. The predicted octanol–water partition coefficient (Wildman–Crippen LogP) is 4.22. The number of fused-ring (bicyclic) bond motifs is 1. The Labute approximate surface area is 149 Å². The molecule has 0 spiro atoms. The Morgan fingerprint density at radius 1 is 1.20 bits per heavy atom. The van der Waals surface area contributed by atoms with Gasteiger partial charge in [0.25, 0.3) is 0 Å². The van der Waals surface area contributed by atoms with Gasteiger partial charge in [-0.15, -0.1) is 0 Å². The maximum absolute atomic E-state index is 12.9. The highest BCUT2D eigenvalue weighted by Crippen LogP contribution is 2.39. The topological polar surface area (TPSA) is 36.7 Å². The van der Waals surface area contributed by atoms with Crippen molar-refractivity contribution in [2.45, 2.75) is 57.7 Å². The predicted molar refractivity (Wildman–Crippen MR) is 99.3 cm³/mol. The molecule has 2 aliphatic carbocycles. The Morgan fingerprint density at radius 3 is 2.56 bits per heavy atom. The van der Waals surface area contributed by atoms with Gasteiger partial charge in [0.15, 0.2) is 0 Å². The van der Waals surface area contributed by atoms with Crippen LogP contribution in [0, 0.1) is 5.92 Å². The quantitative estimate of drug-likeness (QED) is 0.757. The first-order valence-electron chi connectivity index (χ1n) is 9.54. The minimum Gasteiger partial charge on any atom is -0.459 e. The van der Waals surface area contributed by atoms with Gasteiger partial charge < -0.3 is 9.32 Å². The summed E-state index contributed by atoms with van der Waals surface area (Å²) in [4.78, 5) is 17.2. The molecule has 1 aromatic carbocycles. The van der Waals surface area contributed by atoms with Crippen molar-refractivity contribution in [2.24, 2.45) is 5.92 Å². The van der Waals surface area contributed by atoms with Crippen LogP contribution in [-0.2, 0) is 4.79 Å². The van der Waals surface area contributed by atoms with Crippen LogP contribution in [0.2, 0.25) is 0 Å². The van der Waals surface area contributed by atoms with E-state index in [1.807, 2.05) is 43.1 Å². The van der Waals surface area contributed by atoms with E-state index in [1.165, 1.54) is 25.7 Å². The molecular formula is C21H28N2O2. The van der Waals surface area contributed by atoms with E-state index in [-0.39, 0.29) is 11.9 Å². The number of amides is 1. The zero-order valence-electron chi connectivity index (χ0n) is 15.4. The molecule has 1 aromatic heterocycles. The normalized spacial score (nSPS) is 20.0. The number of benzene rings is 1. The molecule has 0 N–H and O–H groups in total. The number of nitrogens with zero attached hydrogens (tertiary/aromatic N) is 2. The van der Waals surface area contributed by atoms with Crippen molar-refractivity contribution in [3.05, 3.63) is 36.1 Å². The Morgan fingerprint density at radius 2 is 1.92 bits per heavy atom. The molecular weight excluding hydrogens is 312 g/mol. The van der Waals surface area contributed by atoms with Crippen LogP contribution in [0.1, 0.15) is 51.3 Å². The van der Waals surface area contributed by atoms with Crippen LogP contribution < -0.4 is 0 Å². The average molecular weight is 340 g/mol. The largest absolute Gasteiger partial charge is 0.459 e. The van der Waals surface area contributed by atoms with E-state index in [1.54, 1.807) is 0 Å². The summed E-state index contributed by atoms with van der Waals surface area (Å²) in [6, 6.07) is 11.1. The minimum atomic E-state index is -0.0582. The molecule has 1 heterocycles. The van der Waals surface area contributed by atoms with Crippen LogP contribution >= 0.6 is 0 Å². The van der Waals surface area contributed by atoms with Crippen molar-refractivity contribution in [2.75, 3.05) is 13.6 Å². The maximum atomic E-state index is 12.9. The number of carbonyl (C=O) groups excluding carboxylic acids is 1. The summed E-state index contributed by atoms with van der Waals surface area (Å²) in [5.74, 6) is 1.84. The Bertz CT molecular complexity index is 727. The van der Waals surface area contributed by atoms with Gasteiger partial charge in [0, 0.05) is 24.5 Å². The Kier molecular flexibility index (Phi) is 4.32. The fourth-order valence-corrected chi connectivity index (χ4v) is 3.74. The zero-order valence-corrected chi connectivity index (χ0v) is 15.4. The molecule has 1 amide bonds. The zero-order chi connectivity index (χ0) is 17.6. The van der Waals surface area contributed by atoms with Crippen LogP contribution in [0.15, 0.2) is 34.7 Å². The number of likely N-dealkylation sites (N-methyl/N-ethyl adjacent to an activating group) is 1. The first kappa shape index (κ1) is 16.6. The number of rotatable bonds is 7. The van der Waals surface area contributed by atoms with Gasteiger partial charge >= 0.3 is 0 Å². The second-order valence-corrected chi connectivity index (χ2v) is 7.85. The lowest BCUT2D eigenvalue weighted by Crippen LogP contribution is -2.45. The number of carbonyl (C=O) groups is 1. The van der Waals surface area contributed by atoms with E-state index in [0.717, 1.165) is 22.6 Å². The maximum Gasteiger partial charge on any atom is 0.237 e. The molecule has 0 saturated heterocycles. The molecule has 2 saturated carbocycles. The molecule has 134 valence electrons. The third-order valence-corrected chi connectivity index (χ3v) is 5.99. The molecule has 2 unspecified atom stereocenters. The summed E-state index contributed by atoms with van der Waals surface area (Å²) >= 11 is 0. The van der Waals surface area contributed by atoms with Gasteiger partial charge in [-0.05, 0) is 57.6 Å². The van der Waals surface area contributed by atoms with Crippen molar-refractivity contribution in [3.8, 4) is 0 Å². The van der Waals surface area contributed by atoms with E-state index in [4.69, 9.17) is 4.42 Å². The van der Waals surface area contributed by atoms with E-state index in [9.17, 15) is 4.79 Å². The van der Waals surface area contributed by atoms with E-state index < -0.39 is 0 Å². The molecule has 2 fully saturated rings.